The number of nitrogens with one attached hydrogen (secondary N) is 1. The number of benzene rings is 2. The minimum atomic E-state index is -0.994. The third kappa shape index (κ3) is 7.32. The van der Waals surface area contributed by atoms with E-state index >= 15 is 0 Å². The summed E-state index contributed by atoms with van der Waals surface area (Å²) in [5, 5.41) is 2.59. The molecular weight excluding hydrogens is 486 g/mol. The maximum atomic E-state index is 13.0. The third-order valence-electron chi connectivity index (χ3n) is 5.82. The van der Waals surface area contributed by atoms with Gasteiger partial charge in [0.2, 0.25) is 6.79 Å². The van der Waals surface area contributed by atoms with E-state index in [9.17, 15) is 14.4 Å². The molecule has 0 spiro atoms. The highest BCUT2D eigenvalue weighted by Gasteiger charge is 2.28. The molecule has 0 saturated heterocycles. The van der Waals surface area contributed by atoms with E-state index in [1.165, 1.54) is 19.2 Å². The van der Waals surface area contributed by atoms with Gasteiger partial charge >= 0.3 is 11.9 Å². The molecule has 9 heteroatoms. The van der Waals surface area contributed by atoms with Crippen LogP contribution in [-0.2, 0) is 19.1 Å². The smallest absolute Gasteiger partial charge is 0.328 e. The predicted octanol–water partition coefficient (Wildman–Crippen LogP) is 4.08. The van der Waals surface area contributed by atoms with E-state index in [0.717, 1.165) is 11.1 Å². The number of hydrogen-bond acceptors (Lipinski definition) is 8. The highest BCUT2D eigenvalue weighted by atomic mass is 16.7. The number of carbonyl (C=O) groups is 3. The van der Waals surface area contributed by atoms with E-state index in [1.54, 1.807) is 13.8 Å². The first-order valence-corrected chi connectivity index (χ1v) is 12.3. The van der Waals surface area contributed by atoms with Crippen LogP contribution >= 0.6 is 0 Å². The van der Waals surface area contributed by atoms with Crippen LogP contribution in [0.1, 0.15) is 55.2 Å². The number of anilines is 1. The minimum Gasteiger partial charge on any atom is -0.460 e. The molecule has 0 aliphatic carbocycles. The minimum absolute atomic E-state index is 0.0521. The van der Waals surface area contributed by atoms with Crippen LogP contribution in [-0.4, -0.2) is 41.8 Å². The highest BCUT2D eigenvalue weighted by Crippen LogP contribution is 2.30. The fourth-order valence-corrected chi connectivity index (χ4v) is 3.82. The molecule has 0 radical (unpaired) electrons. The molecule has 2 atom stereocenters. The molecule has 1 heterocycles. The molecule has 1 aromatic heterocycles. The largest absolute Gasteiger partial charge is 0.460 e. The lowest BCUT2D eigenvalue weighted by molar-refractivity contribution is -0.154. The molecule has 200 valence electrons. The molecule has 2 unspecified atom stereocenters. The van der Waals surface area contributed by atoms with Crippen LogP contribution in [0.5, 0.6) is 5.75 Å². The summed E-state index contributed by atoms with van der Waals surface area (Å²) in [5.41, 5.74) is 7.94. The average Bonchev–Trinajstić information content (AvgIpc) is 2.90. The Morgan fingerprint density at radius 3 is 2.00 bits per heavy atom. The molecular formula is C29H33N3O6. The zero-order valence-electron chi connectivity index (χ0n) is 21.9. The summed E-state index contributed by atoms with van der Waals surface area (Å²) in [4.78, 5) is 41.7. The first kappa shape index (κ1) is 28.2. The second-order valence-electron chi connectivity index (χ2n) is 9.09. The van der Waals surface area contributed by atoms with Crippen LogP contribution in [0.2, 0.25) is 0 Å². The molecule has 3 aromatic rings. The van der Waals surface area contributed by atoms with Gasteiger partial charge in [-0.15, -0.1) is 0 Å². The number of ether oxygens (including phenoxy) is 3. The van der Waals surface area contributed by atoms with E-state index in [-0.39, 0.29) is 29.0 Å². The van der Waals surface area contributed by atoms with Gasteiger partial charge in [-0.1, -0.05) is 74.5 Å². The molecule has 0 fully saturated rings. The Morgan fingerprint density at radius 1 is 0.868 bits per heavy atom. The summed E-state index contributed by atoms with van der Waals surface area (Å²) in [5.74, 6) is -2.36. The van der Waals surface area contributed by atoms with Gasteiger partial charge in [0, 0.05) is 12.1 Å². The van der Waals surface area contributed by atoms with Crippen molar-refractivity contribution in [2.24, 2.45) is 5.92 Å². The number of carbonyl (C=O) groups excluding carboxylic acids is 3. The summed E-state index contributed by atoms with van der Waals surface area (Å²) in [7, 11) is 0. The molecule has 3 N–H and O–H groups in total. The zero-order chi connectivity index (χ0) is 27.7. The van der Waals surface area contributed by atoms with Gasteiger partial charge in [0.25, 0.3) is 5.91 Å². The quantitative estimate of drug-likeness (QED) is 0.286. The number of rotatable bonds is 11. The van der Waals surface area contributed by atoms with Crippen LogP contribution in [0, 0.1) is 5.92 Å². The summed E-state index contributed by atoms with van der Waals surface area (Å²) >= 11 is 0. The van der Waals surface area contributed by atoms with E-state index in [4.69, 9.17) is 19.9 Å². The Balaban J connectivity index is 1.69. The number of esters is 2. The second kappa shape index (κ2) is 13.2. The van der Waals surface area contributed by atoms with Gasteiger partial charge in [-0.3, -0.25) is 9.59 Å². The van der Waals surface area contributed by atoms with E-state index in [0.29, 0.717) is 0 Å². The molecule has 0 aliphatic rings. The second-order valence-corrected chi connectivity index (χ2v) is 9.09. The molecule has 1 amide bonds. The van der Waals surface area contributed by atoms with Crippen LogP contribution < -0.4 is 15.8 Å². The van der Waals surface area contributed by atoms with Gasteiger partial charge < -0.3 is 25.3 Å². The monoisotopic (exact) mass is 519 g/mol. The van der Waals surface area contributed by atoms with Gasteiger partial charge in [-0.25, -0.2) is 9.78 Å². The zero-order valence-corrected chi connectivity index (χ0v) is 21.9. The lowest BCUT2D eigenvalue weighted by Crippen LogP contribution is -2.41. The first-order chi connectivity index (χ1) is 18.2. The van der Waals surface area contributed by atoms with Crippen LogP contribution in [0.25, 0.3) is 0 Å². The normalized spacial score (nSPS) is 12.5. The van der Waals surface area contributed by atoms with Crippen molar-refractivity contribution in [2.75, 3.05) is 12.5 Å². The van der Waals surface area contributed by atoms with Gasteiger partial charge in [0.1, 0.15) is 12.1 Å². The molecule has 0 aliphatic heterocycles. The van der Waals surface area contributed by atoms with Gasteiger partial charge in [0.15, 0.2) is 11.4 Å². The molecule has 0 saturated carbocycles. The Labute approximate surface area is 222 Å². The number of aromatic nitrogens is 1. The lowest BCUT2D eigenvalue weighted by atomic mass is 9.87. The lowest BCUT2D eigenvalue weighted by Gasteiger charge is -2.26. The van der Waals surface area contributed by atoms with Crippen molar-refractivity contribution >= 4 is 23.5 Å². The van der Waals surface area contributed by atoms with Gasteiger partial charge in [-0.05, 0) is 31.0 Å². The summed E-state index contributed by atoms with van der Waals surface area (Å²) < 4.78 is 16.2. The van der Waals surface area contributed by atoms with Crippen LogP contribution in [0.15, 0.2) is 72.9 Å². The number of hydrogen-bond donors (Lipinski definition) is 2. The first-order valence-electron chi connectivity index (χ1n) is 12.3. The maximum absolute atomic E-state index is 13.0. The van der Waals surface area contributed by atoms with Crippen molar-refractivity contribution in [3.05, 3.63) is 89.7 Å². The van der Waals surface area contributed by atoms with Crippen LogP contribution in [0.3, 0.4) is 0 Å². The molecule has 38 heavy (non-hydrogen) atoms. The Kier molecular flexibility index (Phi) is 9.81. The number of amides is 1. The Morgan fingerprint density at radius 2 is 1.45 bits per heavy atom. The van der Waals surface area contributed by atoms with Crippen molar-refractivity contribution in [1.29, 1.82) is 0 Å². The van der Waals surface area contributed by atoms with E-state index in [2.05, 4.69) is 10.3 Å². The average molecular weight is 520 g/mol. The topological polar surface area (TPSA) is 130 Å². The Hall–Kier alpha value is -4.40. The van der Waals surface area contributed by atoms with Crippen molar-refractivity contribution < 1.29 is 28.6 Å². The highest BCUT2D eigenvalue weighted by molar-refractivity contribution is 5.98. The van der Waals surface area contributed by atoms with Crippen LogP contribution in [0.4, 0.5) is 5.69 Å². The third-order valence-corrected chi connectivity index (χ3v) is 5.82. The molecule has 0 bridgehead atoms. The Bertz CT molecular complexity index is 1190. The standard InChI is InChI=1S/C29H33N3O6/c1-18(2)28(34)37-17-36-26-23(30)15-16-31-25(26)27(33)32-19(3)29(35)38-20(4)24(21-11-7-5-8-12-21)22-13-9-6-10-14-22/h5-16,18-20,24H,17H2,1-4H3,(H2,30,31)(H,32,33). The molecule has 2 aromatic carbocycles. The number of pyridine rings is 1. The summed E-state index contributed by atoms with van der Waals surface area (Å²) in [6.07, 6.45) is 0.818. The fourth-order valence-electron chi connectivity index (χ4n) is 3.82. The molecule has 3 rings (SSSR count). The van der Waals surface area contributed by atoms with Gasteiger partial charge in [0.05, 0.1) is 11.6 Å². The van der Waals surface area contributed by atoms with Crippen molar-refractivity contribution in [3.8, 4) is 5.75 Å². The molecule has 9 nitrogen and oxygen atoms in total. The van der Waals surface area contributed by atoms with E-state index < -0.39 is 36.8 Å². The number of nitrogen functional groups attached to an aromatic ring is 1. The summed E-state index contributed by atoms with van der Waals surface area (Å²) in [6, 6.07) is 20.0. The van der Waals surface area contributed by atoms with Crippen molar-refractivity contribution in [3.63, 3.8) is 0 Å². The maximum Gasteiger partial charge on any atom is 0.328 e. The predicted molar refractivity (Wildman–Crippen MR) is 142 cm³/mol. The van der Waals surface area contributed by atoms with Crippen molar-refractivity contribution in [2.45, 2.75) is 45.8 Å². The van der Waals surface area contributed by atoms with E-state index in [1.807, 2.05) is 67.6 Å². The van der Waals surface area contributed by atoms with Crippen molar-refractivity contribution in [1.82, 2.24) is 10.3 Å². The number of nitrogens with two attached hydrogens (primary N) is 1. The summed E-state index contributed by atoms with van der Waals surface area (Å²) in [6.45, 7) is 6.26. The SMILES string of the molecule is CC(C)C(=O)OCOc1c(N)ccnc1C(=O)NC(C)C(=O)OC(C)C(c1ccccc1)c1ccccc1. The number of nitrogens with zero attached hydrogens (tertiary/aromatic N) is 1. The van der Waals surface area contributed by atoms with Gasteiger partial charge in [-0.2, -0.15) is 0 Å². The fraction of sp³-hybridized carbons (Fsp3) is 0.310.